The summed E-state index contributed by atoms with van der Waals surface area (Å²) in [4.78, 5) is 23.7. The number of aromatic nitrogens is 1. The molecule has 0 aliphatic heterocycles. The van der Waals surface area contributed by atoms with Crippen molar-refractivity contribution in [1.82, 2.24) is 9.88 Å². The number of ether oxygens (including phenoxy) is 1. The van der Waals surface area contributed by atoms with Crippen LogP contribution in [0.2, 0.25) is 0 Å². The standard InChI is InChI=1S/C13H17N3O3/c1-9(8-19-3)15-12(17)7-16-10(2)4-5-11(6-14)13(16)18/h4-5,9H,7-8H2,1-3H3,(H,15,17). The maximum atomic E-state index is 11.9. The van der Waals surface area contributed by atoms with Crippen molar-refractivity contribution < 1.29 is 9.53 Å². The molecule has 1 atom stereocenters. The minimum Gasteiger partial charge on any atom is -0.383 e. The molecule has 19 heavy (non-hydrogen) atoms. The van der Waals surface area contributed by atoms with Crippen LogP contribution in [0.25, 0.3) is 0 Å². The van der Waals surface area contributed by atoms with Gasteiger partial charge in [-0.25, -0.2) is 0 Å². The number of carbonyl (C=O) groups excluding carboxylic acids is 1. The zero-order chi connectivity index (χ0) is 14.4. The van der Waals surface area contributed by atoms with Gasteiger partial charge in [-0.1, -0.05) is 0 Å². The summed E-state index contributed by atoms with van der Waals surface area (Å²) < 4.78 is 6.20. The average molecular weight is 263 g/mol. The van der Waals surface area contributed by atoms with Crippen molar-refractivity contribution in [2.75, 3.05) is 13.7 Å². The summed E-state index contributed by atoms with van der Waals surface area (Å²) >= 11 is 0. The Bertz CT molecular complexity index is 557. The van der Waals surface area contributed by atoms with E-state index in [1.165, 1.54) is 10.6 Å². The molecule has 0 radical (unpaired) electrons. The van der Waals surface area contributed by atoms with Crippen molar-refractivity contribution >= 4 is 5.91 Å². The maximum Gasteiger partial charge on any atom is 0.269 e. The van der Waals surface area contributed by atoms with Crippen LogP contribution in [0, 0.1) is 18.3 Å². The van der Waals surface area contributed by atoms with Crippen molar-refractivity contribution in [2.24, 2.45) is 0 Å². The third-order valence-electron chi connectivity index (χ3n) is 2.64. The van der Waals surface area contributed by atoms with E-state index in [-0.39, 0.29) is 24.1 Å². The number of nitrogens with zero attached hydrogens (tertiary/aromatic N) is 2. The molecule has 0 aliphatic carbocycles. The van der Waals surface area contributed by atoms with Crippen LogP contribution in [0.4, 0.5) is 0 Å². The number of methoxy groups -OCH3 is 1. The van der Waals surface area contributed by atoms with Gasteiger partial charge in [-0.2, -0.15) is 5.26 Å². The first kappa shape index (κ1) is 14.9. The van der Waals surface area contributed by atoms with Gasteiger partial charge in [0.2, 0.25) is 5.91 Å². The summed E-state index contributed by atoms with van der Waals surface area (Å²) in [7, 11) is 1.55. The van der Waals surface area contributed by atoms with Gasteiger partial charge in [0.1, 0.15) is 18.2 Å². The molecular weight excluding hydrogens is 246 g/mol. The highest BCUT2D eigenvalue weighted by Gasteiger charge is 2.12. The average Bonchev–Trinajstić information content (AvgIpc) is 2.35. The first-order valence-corrected chi connectivity index (χ1v) is 5.88. The highest BCUT2D eigenvalue weighted by molar-refractivity contribution is 5.76. The van der Waals surface area contributed by atoms with Gasteiger partial charge in [0, 0.05) is 18.8 Å². The topological polar surface area (TPSA) is 84.1 Å². The Labute approximate surface area is 111 Å². The van der Waals surface area contributed by atoms with Crippen LogP contribution in [0.3, 0.4) is 0 Å². The Morgan fingerprint density at radius 2 is 2.26 bits per heavy atom. The molecule has 0 saturated heterocycles. The third kappa shape index (κ3) is 3.93. The van der Waals surface area contributed by atoms with Crippen LogP contribution in [0.1, 0.15) is 18.2 Å². The van der Waals surface area contributed by atoms with Gasteiger partial charge in [-0.05, 0) is 26.0 Å². The summed E-state index contributed by atoms with van der Waals surface area (Å²) in [5.41, 5.74) is 0.221. The number of hydrogen-bond donors (Lipinski definition) is 1. The minimum atomic E-state index is -0.447. The number of amides is 1. The SMILES string of the molecule is COCC(C)NC(=O)Cn1c(C)ccc(C#N)c1=O. The van der Waals surface area contributed by atoms with Crippen molar-refractivity contribution in [3.63, 3.8) is 0 Å². The van der Waals surface area contributed by atoms with Crippen molar-refractivity contribution in [2.45, 2.75) is 26.4 Å². The molecule has 1 heterocycles. The first-order valence-electron chi connectivity index (χ1n) is 5.88. The number of nitrogens with one attached hydrogen (secondary N) is 1. The molecule has 1 N–H and O–H groups in total. The fourth-order valence-electron chi connectivity index (χ4n) is 1.71. The number of aryl methyl sites for hydroxylation is 1. The van der Waals surface area contributed by atoms with Crippen molar-refractivity contribution in [3.05, 3.63) is 33.7 Å². The van der Waals surface area contributed by atoms with E-state index in [2.05, 4.69) is 5.32 Å². The van der Waals surface area contributed by atoms with E-state index in [9.17, 15) is 9.59 Å². The summed E-state index contributed by atoms with van der Waals surface area (Å²) in [6.45, 7) is 3.82. The molecule has 102 valence electrons. The van der Waals surface area contributed by atoms with Gasteiger partial charge < -0.3 is 14.6 Å². The summed E-state index contributed by atoms with van der Waals surface area (Å²) in [6, 6.07) is 4.78. The second-order valence-electron chi connectivity index (χ2n) is 4.32. The van der Waals surface area contributed by atoms with Gasteiger partial charge in [0.15, 0.2) is 0 Å². The molecule has 0 saturated carbocycles. The fraction of sp³-hybridized carbons (Fsp3) is 0.462. The second-order valence-corrected chi connectivity index (χ2v) is 4.32. The number of pyridine rings is 1. The number of rotatable bonds is 5. The van der Waals surface area contributed by atoms with E-state index in [1.807, 2.05) is 13.0 Å². The predicted octanol–water partition coefficient (Wildman–Crippen LogP) is 0.179. The van der Waals surface area contributed by atoms with Crippen LogP contribution in [-0.2, 0) is 16.1 Å². The lowest BCUT2D eigenvalue weighted by atomic mass is 10.2. The van der Waals surface area contributed by atoms with Crippen LogP contribution < -0.4 is 10.9 Å². The predicted molar refractivity (Wildman–Crippen MR) is 69.6 cm³/mol. The second kappa shape index (κ2) is 6.71. The van der Waals surface area contributed by atoms with Gasteiger partial charge in [-0.15, -0.1) is 0 Å². The number of carbonyl (C=O) groups is 1. The third-order valence-corrected chi connectivity index (χ3v) is 2.64. The molecule has 0 spiro atoms. The van der Waals surface area contributed by atoms with E-state index in [0.29, 0.717) is 12.3 Å². The normalized spacial score (nSPS) is 11.7. The number of nitriles is 1. The Kier molecular flexibility index (Phi) is 5.27. The molecule has 1 aromatic rings. The maximum absolute atomic E-state index is 11.9. The highest BCUT2D eigenvalue weighted by Crippen LogP contribution is 1.98. The molecule has 1 aromatic heterocycles. The highest BCUT2D eigenvalue weighted by atomic mass is 16.5. The molecule has 6 heteroatoms. The van der Waals surface area contributed by atoms with Gasteiger partial charge in [0.05, 0.1) is 6.61 Å². The Balaban J connectivity index is 2.86. The molecule has 0 bridgehead atoms. The van der Waals surface area contributed by atoms with Gasteiger partial charge in [0.25, 0.3) is 5.56 Å². The molecule has 0 fully saturated rings. The van der Waals surface area contributed by atoms with E-state index >= 15 is 0 Å². The molecule has 0 aromatic carbocycles. The first-order chi connectivity index (χ1) is 8.99. The monoisotopic (exact) mass is 263 g/mol. The lowest BCUT2D eigenvalue weighted by Crippen LogP contribution is -2.40. The smallest absolute Gasteiger partial charge is 0.269 e. The van der Waals surface area contributed by atoms with E-state index in [1.54, 1.807) is 20.1 Å². The van der Waals surface area contributed by atoms with Crippen LogP contribution in [0.15, 0.2) is 16.9 Å². The summed E-state index contributed by atoms with van der Waals surface area (Å²) in [6.07, 6.45) is 0. The zero-order valence-electron chi connectivity index (χ0n) is 11.3. The Morgan fingerprint density at radius 3 is 2.84 bits per heavy atom. The Morgan fingerprint density at radius 1 is 1.58 bits per heavy atom. The molecule has 6 nitrogen and oxygen atoms in total. The molecule has 1 unspecified atom stereocenters. The summed E-state index contributed by atoms with van der Waals surface area (Å²) in [5, 5.41) is 11.5. The molecule has 1 amide bonds. The molecule has 1 rings (SSSR count). The summed E-state index contributed by atoms with van der Waals surface area (Å²) in [5.74, 6) is -0.287. The van der Waals surface area contributed by atoms with Crippen LogP contribution in [0.5, 0.6) is 0 Å². The van der Waals surface area contributed by atoms with Crippen molar-refractivity contribution in [3.8, 4) is 6.07 Å². The van der Waals surface area contributed by atoms with Gasteiger partial charge >= 0.3 is 0 Å². The lowest BCUT2D eigenvalue weighted by molar-refractivity contribution is -0.122. The Hall–Kier alpha value is -2.13. The van der Waals surface area contributed by atoms with Crippen LogP contribution in [-0.4, -0.2) is 30.2 Å². The zero-order valence-corrected chi connectivity index (χ0v) is 11.3. The fourth-order valence-corrected chi connectivity index (χ4v) is 1.71. The van der Waals surface area contributed by atoms with E-state index in [4.69, 9.17) is 10.00 Å². The molecule has 0 aliphatic rings. The number of hydrogen-bond acceptors (Lipinski definition) is 4. The van der Waals surface area contributed by atoms with Crippen molar-refractivity contribution in [1.29, 1.82) is 5.26 Å². The largest absolute Gasteiger partial charge is 0.383 e. The van der Waals surface area contributed by atoms with E-state index in [0.717, 1.165) is 0 Å². The molecular formula is C13H17N3O3. The van der Waals surface area contributed by atoms with E-state index < -0.39 is 5.56 Å². The quantitative estimate of drug-likeness (QED) is 0.821. The van der Waals surface area contributed by atoms with Gasteiger partial charge in [-0.3, -0.25) is 9.59 Å². The lowest BCUT2D eigenvalue weighted by Gasteiger charge is -2.14. The minimum absolute atomic E-state index is 0.0309. The van der Waals surface area contributed by atoms with Crippen LogP contribution >= 0.6 is 0 Å².